The Morgan fingerprint density at radius 1 is 1.00 bits per heavy atom. The highest BCUT2D eigenvalue weighted by Gasteiger charge is 2.31. The van der Waals surface area contributed by atoms with Crippen molar-refractivity contribution in [2.45, 2.75) is 19.3 Å². The van der Waals surface area contributed by atoms with E-state index in [9.17, 15) is 19.7 Å². The maximum atomic E-state index is 13.0. The number of hydroxylamine groups is 1. The Morgan fingerprint density at radius 3 is 2.32 bits per heavy atom. The van der Waals surface area contributed by atoms with Gasteiger partial charge in [0.1, 0.15) is 0 Å². The Labute approximate surface area is 178 Å². The van der Waals surface area contributed by atoms with E-state index in [1.54, 1.807) is 12.1 Å². The average Bonchev–Trinajstić information content (AvgIpc) is 2.92. The molecule has 0 bridgehead atoms. The Morgan fingerprint density at radius 2 is 1.65 bits per heavy atom. The number of benzene rings is 3. The number of urea groups is 1. The molecular weight excluding hydrogens is 398 g/mol. The monoisotopic (exact) mass is 417 g/mol. The molecule has 1 unspecified atom stereocenters. The number of nitro groups is 1. The van der Waals surface area contributed by atoms with E-state index in [0.717, 1.165) is 16.7 Å². The van der Waals surface area contributed by atoms with Crippen molar-refractivity contribution in [1.82, 2.24) is 5.48 Å². The van der Waals surface area contributed by atoms with E-state index in [2.05, 4.69) is 5.48 Å². The molecule has 2 amide bonds. The van der Waals surface area contributed by atoms with Crippen LogP contribution in [-0.4, -0.2) is 16.9 Å². The Balaban J connectivity index is 1.84. The van der Waals surface area contributed by atoms with Crippen LogP contribution in [0.5, 0.6) is 0 Å². The Bertz CT molecular complexity index is 1160. The van der Waals surface area contributed by atoms with E-state index >= 15 is 0 Å². The number of amides is 2. The molecule has 8 heteroatoms. The second kappa shape index (κ2) is 8.27. The molecule has 8 nitrogen and oxygen atoms in total. The molecule has 1 aliphatic heterocycles. The minimum atomic E-state index is -0.631. The third-order valence-electron chi connectivity index (χ3n) is 5.20. The molecule has 0 radical (unpaired) electrons. The van der Waals surface area contributed by atoms with Crippen LogP contribution in [0.25, 0.3) is 0 Å². The predicted molar refractivity (Wildman–Crippen MR) is 114 cm³/mol. The number of nitrogens with one attached hydrogen (secondary N) is 1. The summed E-state index contributed by atoms with van der Waals surface area (Å²) in [6.07, 6.45) is 0.586. The first-order valence-corrected chi connectivity index (χ1v) is 9.64. The van der Waals surface area contributed by atoms with Crippen molar-refractivity contribution in [1.29, 1.82) is 0 Å². The molecule has 156 valence electrons. The maximum absolute atomic E-state index is 13.0. The van der Waals surface area contributed by atoms with Gasteiger partial charge >= 0.3 is 12.0 Å². The molecule has 3 aromatic rings. The first-order chi connectivity index (χ1) is 15.0. The summed E-state index contributed by atoms with van der Waals surface area (Å²) < 4.78 is 0. The number of fused-ring (bicyclic) bond motifs is 2. The lowest BCUT2D eigenvalue weighted by molar-refractivity contribution is -0.384. The minimum absolute atomic E-state index is 0.0217. The summed E-state index contributed by atoms with van der Waals surface area (Å²) >= 11 is 0. The molecule has 31 heavy (non-hydrogen) atoms. The fourth-order valence-electron chi connectivity index (χ4n) is 3.85. The van der Waals surface area contributed by atoms with Crippen molar-refractivity contribution in [3.63, 3.8) is 0 Å². The summed E-state index contributed by atoms with van der Waals surface area (Å²) in [5, 5.41) is 11.1. The van der Waals surface area contributed by atoms with Gasteiger partial charge in [-0.15, -0.1) is 0 Å². The van der Waals surface area contributed by atoms with E-state index in [-0.39, 0.29) is 11.6 Å². The lowest BCUT2D eigenvalue weighted by atomic mass is 9.86. The second-order valence-corrected chi connectivity index (χ2v) is 7.13. The number of nitro benzene ring substituents is 1. The van der Waals surface area contributed by atoms with Crippen molar-refractivity contribution in [3.05, 3.63) is 99.6 Å². The van der Waals surface area contributed by atoms with Gasteiger partial charge in [-0.25, -0.2) is 4.79 Å². The van der Waals surface area contributed by atoms with E-state index in [4.69, 9.17) is 4.84 Å². The molecule has 1 aliphatic rings. The molecule has 1 N–H and O–H groups in total. The smallest absolute Gasteiger partial charge is 0.340 e. The van der Waals surface area contributed by atoms with Crippen LogP contribution in [0.1, 0.15) is 29.5 Å². The number of carbonyl (C=O) groups is 2. The van der Waals surface area contributed by atoms with E-state index in [1.807, 2.05) is 48.5 Å². The van der Waals surface area contributed by atoms with Gasteiger partial charge in [0.25, 0.3) is 5.69 Å². The topological polar surface area (TPSA) is 102 Å². The van der Waals surface area contributed by atoms with Crippen molar-refractivity contribution < 1.29 is 19.3 Å². The molecule has 1 heterocycles. The van der Waals surface area contributed by atoms with Gasteiger partial charge in [-0.05, 0) is 35.2 Å². The lowest BCUT2D eigenvalue weighted by Gasteiger charge is -2.25. The molecule has 1 atom stereocenters. The van der Waals surface area contributed by atoms with Gasteiger partial charge in [0.2, 0.25) is 0 Å². The van der Waals surface area contributed by atoms with Crippen LogP contribution in [0.4, 0.5) is 21.9 Å². The zero-order chi connectivity index (χ0) is 22.0. The molecule has 0 fully saturated rings. The number of non-ortho nitro benzene ring substituents is 1. The van der Waals surface area contributed by atoms with Gasteiger partial charge in [-0.1, -0.05) is 48.5 Å². The highest BCUT2D eigenvalue weighted by Crippen LogP contribution is 2.43. The number of nitrogens with zero attached hydrogens (tertiary/aromatic N) is 2. The SMILES string of the molecule is CC(=O)ONC(=O)N1c2ccccc2CC(c2ccc([N+](=O)[O-])cc2)c2ccccc21. The molecule has 0 saturated carbocycles. The predicted octanol–water partition coefficient (Wildman–Crippen LogP) is 4.61. The van der Waals surface area contributed by atoms with Gasteiger partial charge in [0.05, 0.1) is 16.3 Å². The van der Waals surface area contributed by atoms with Crippen LogP contribution in [0.15, 0.2) is 72.8 Å². The highest BCUT2D eigenvalue weighted by atomic mass is 16.7. The average molecular weight is 417 g/mol. The summed E-state index contributed by atoms with van der Waals surface area (Å²) in [4.78, 5) is 41.0. The third kappa shape index (κ3) is 3.95. The largest absolute Gasteiger partial charge is 0.359 e. The highest BCUT2D eigenvalue weighted by molar-refractivity contribution is 6.01. The number of hydrogen-bond acceptors (Lipinski definition) is 5. The summed E-state index contributed by atoms with van der Waals surface area (Å²) in [6, 6.07) is 20.8. The number of para-hydroxylation sites is 2. The summed E-state index contributed by atoms with van der Waals surface area (Å²) in [7, 11) is 0. The summed E-state index contributed by atoms with van der Waals surface area (Å²) in [5.41, 5.74) is 6.22. The van der Waals surface area contributed by atoms with Crippen molar-refractivity contribution in [3.8, 4) is 0 Å². The minimum Gasteiger partial charge on any atom is -0.340 e. The quantitative estimate of drug-likeness (QED) is 0.485. The Hall–Kier alpha value is -4.20. The van der Waals surface area contributed by atoms with Crippen molar-refractivity contribution in [2.24, 2.45) is 0 Å². The number of carbonyl (C=O) groups excluding carboxylic acids is 2. The molecule has 3 aromatic carbocycles. The molecule has 0 aliphatic carbocycles. The first-order valence-electron chi connectivity index (χ1n) is 9.64. The number of anilines is 2. The standard InChI is InChI=1S/C23H19N3O5/c1-15(27)31-24-23(28)25-21-8-4-2-6-17(21)14-20(19-7-3-5-9-22(19)25)16-10-12-18(13-11-16)26(29)30/h2-13,20H,14H2,1H3,(H,24,28). The molecule has 0 saturated heterocycles. The normalized spacial score (nSPS) is 14.6. The molecule has 0 spiro atoms. The van der Waals surface area contributed by atoms with Gasteiger partial charge in [0.15, 0.2) is 0 Å². The Kier molecular flexibility index (Phi) is 5.36. The van der Waals surface area contributed by atoms with Crippen LogP contribution >= 0.6 is 0 Å². The zero-order valence-corrected chi connectivity index (χ0v) is 16.6. The fraction of sp³-hybridized carbons (Fsp3) is 0.130. The van der Waals surface area contributed by atoms with Gasteiger partial charge in [-0.2, -0.15) is 5.48 Å². The summed E-state index contributed by atoms with van der Waals surface area (Å²) in [6.45, 7) is 1.20. The van der Waals surface area contributed by atoms with Crippen LogP contribution in [0.2, 0.25) is 0 Å². The number of rotatable bonds is 2. The third-order valence-corrected chi connectivity index (χ3v) is 5.20. The van der Waals surface area contributed by atoms with Crippen LogP contribution in [0, 0.1) is 10.1 Å². The first kappa shape index (κ1) is 20.1. The van der Waals surface area contributed by atoms with E-state index in [0.29, 0.717) is 17.8 Å². The van der Waals surface area contributed by atoms with E-state index in [1.165, 1.54) is 24.0 Å². The molecule has 4 rings (SSSR count). The zero-order valence-electron chi connectivity index (χ0n) is 16.6. The second-order valence-electron chi connectivity index (χ2n) is 7.13. The van der Waals surface area contributed by atoms with Crippen LogP contribution in [-0.2, 0) is 16.1 Å². The van der Waals surface area contributed by atoms with Crippen LogP contribution < -0.4 is 10.4 Å². The van der Waals surface area contributed by atoms with Gasteiger partial charge in [0, 0.05) is 25.0 Å². The van der Waals surface area contributed by atoms with Gasteiger partial charge in [-0.3, -0.25) is 19.8 Å². The molecular formula is C23H19N3O5. The maximum Gasteiger partial charge on any atom is 0.359 e. The molecule has 0 aromatic heterocycles. The summed E-state index contributed by atoms with van der Waals surface area (Å²) in [5.74, 6) is -0.766. The number of hydrogen-bond donors (Lipinski definition) is 1. The fourth-order valence-corrected chi connectivity index (χ4v) is 3.85. The van der Waals surface area contributed by atoms with Crippen molar-refractivity contribution >= 4 is 29.1 Å². The van der Waals surface area contributed by atoms with Gasteiger partial charge < -0.3 is 4.84 Å². The van der Waals surface area contributed by atoms with E-state index < -0.39 is 16.9 Å². The van der Waals surface area contributed by atoms with Crippen LogP contribution in [0.3, 0.4) is 0 Å². The lowest BCUT2D eigenvalue weighted by Crippen LogP contribution is -2.38. The van der Waals surface area contributed by atoms with Crippen molar-refractivity contribution in [2.75, 3.05) is 4.90 Å².